The number of furan rings is 1. The van der Waals surface area contributed by atoms with E-state index in [1.165, 1.54) is 0 Å². The molecule has 0 aliphatic carbocycles. The molecule has 1 saturated heterocycles. The summed E-state index contributed by atoms with van der Waals surface area (Å²) in [4.78, 5) is 26.5. The number of hydrogen-bond donors (Lipinski definition) is 1. The van der Waals surface area contributed by atoms with E-state index in [2.05, 4.69) is 26.1 Å². The topological polar surface area (TPSA) is 62.6 Å². The molecular formula is C21H28N2O3. The number of carbonyl (C=O) groups excluding carboxylic acids is 2. The van der Waals surface area contributed by atoms with Gasteiger partial charge in [-0.2, -0.15) is 0 Å². The predicted molar refractivity (Wildman–Crippen MR) is 102 cm³/mol. The van der Waals surface area contributed by atoms with E-state index < -0.39 is 0 Å². The zero-order valence-electron chi connectivity index (χ0n) is 15.9. The van der Waals surface area contributed by atoms with Gasteiger partial charge in [-0.1, -0.05) is 39.0 Å². The number of nitrogens with one attached hydrogen (secondary N) is 1. The molecule has 1 N–H and O–H groups in total. The summed E-state index contributed by atoms with van der Waals surface area (Å²) in [5, 5.41) is 3.99. The van der Waals surface area contributed by atoms with Crippen LogP contribution in [0.2, 0.25) is 0 Å². The van der Waals surface area contributed by atoms with Gasteiger partial charge >= 0.3 is 0 Å². The quantitative estimate of drug-likeness (QED) is 0.905. The normalized spacial score (nSPS) is 16.0. The first-order chi connectivity index (χ1) is 12.3. The summed E-state index contributed by atoms with van der Waals surface area (Å²) in [6.45, 7) is 8.30. The molecule has 5 heteroatoms. The van der Waals surface area contributed by atoms with Gasteiger partial charge in [-0.25, -0.2) is 0 Å². The van der Waals surface area contributed by atoms with Gasteiger partial charge in [0.15, 0.2) is 5.76 Å². The molecule has 0 saturated carbocycles. The average molecular weight is 356 g/mol. The molecule has 0 bridgehead atoms. The highest BCUT2D eigenvalue weighted by molar-refractivity contribution is 5.96. The molecule has 5 nitrogen and oxygen atoms in total. The van der Waals surface area contributed by atoms with Crippen LogP contribution in [-0.2, 0) is 4.79 Å². The molecule has 1 aromatic carbocycles. The fourth-order valence-corrected chi connectivity index (χ4v) is 3.39. The van der Waals surface area contributed by atoms with Crippen molar-refractivity contribution < 1.29 is 14.0 Å². The Kier molecular flexibility index (Phi) is 5.35. The number of benzene rings is 1. The second-order valence-electron chi connectivity index (χ2n) is 8.43. The highest BCUT2D eigenvalue weighted by Gasteiger charge is 2.26. The van der Waals surface area contributed by atoms with E-state index in [-0.39, 0.29) is 17.2 Å². The first-order valence-electron chi connectivity index (χ1n) is 9.36. The second-order valence-corrected chi connectivity index (χ2v) is 8.43. The summed E-state index contributed by atoms with van der Waals surface area (Å²) in [7, 11) is 0. The summed E-state index contributed by atoms with van der Waals surface area (Å²) in [6, 6.07) is 9.47. The minimum Gasteiger partial charge on any atom is -0.451 e. The van der Waals surface area contributed by atoms with E-state index in [0.29, 0.717) is 37.7 Å². The Morgan fingerprint density at radius 2 is 1.88 bits per heavy atom. The molecule has 2 amide bonds. The summed E-state index contributed by atoms with van der Waals surface area (Å²) in [5.74, 6) is 0.900. The third kappa shape index (κ3) is 4.65. The van der Waals surface area contributed by atoms with Gasteiger partial charge in [0.25, 0.3) is 5.91 Å². The number of rotatable bonds is 4. The number of amides is 2. The van der Waals surface area contributed by atoms with E-state index in [4.69, 9.17) is 4.42 Å². The lowest BCUT2D eigenvalue weighted by atomic mass is 9.91. The summed E-state index contributed by atoms with van der Waals surface area (Å²) >= 11 is 0. The van der Waals surface area contributed by atoms with E-state index >= 15 is 0 Å². The third-order valence-corrected chi connectivity index (χ3v) is 4.82. The maximum Gasteiger partial charge on any atom is 0.289 e. The van der Waals surface area contributed by atoms with Crippen LogP contribution in [0.4, 0.5) is 0 Å². The first-order valence-corrected chi connectivity index (χ1v) is 9.36. The van der Waals surface area contributed by atoms with Crippen LogP contribution < -0.4 is 5.32 Å². The van der Waals surface area contributed by atoms with Gasteiger partial charge in [-0.15, -0.1) is 0 Å². The number of carbonyl (C=O) groups is 2. The molecular weight excluding hydrogens is 328 g/mol. The number of para-hydroxylation sites is 1. The molecule has 0 atom stereocenters. The van der Waals surface area contributed by atoms with Crippen LogP contribution in [0.15, 0.2) is 34.7 Å². The van der Waals surface area contributed by atoms with Gasteiger partial charge in [0.2, 0.25) is 5.91 Å². The molecule has 1 aromatic heterocycles. The van der Waals surface area contributed by atoms with Crippen molar-refractivity contribution in [3.8, 4) is 0 Å². The summed E-state index contributed by atoms with van der Waals surface area (Å²) in [6.07, 6.45) is 2.35. The molecule has 0 spiro atoms. The molecule has 1 aliphatic heterocycles. The van der Waals surface area contributed by atoms with E-state index in [1.54, 1.807) is 0 Å². The van der Waals surface area contributed by atoms with E-state index in [1.807, 2.05) is 35.2 Å². The van der Waals surface area contributed by atoms with Crippen molar-refractivity contribution in [1.82, 2.24) is 10.2 Å². The number of likely N-dealkylation sites (tertiary alicyclic amines) is 1. The fraction of sp³-hybridized carbons (Fsp3) is 0.524. The third-order valence-electron chi connectivity index (χ3n) is 4.82. The minimum absolute atomic E-state index is 0.00640. The maximum absolute atomic E-state index is 12.7. The van der Waals surface area contributed by atoms with Gasteiger partial charge in [-0.05, 0) is 36.3 Å². The van der Waals surface area contributed by atoms with Gasteiger partial charge in [-0.3, -0.25) is 9.59 Å². The van der Waals surface area contributed by atoms with Crippen LogP contribution >= 0.6 is 0 Å². The zero-order valence-corrected chi connectivity index (χ0v) is 15.9. The fourth-order valence-electron chi connectivity index (χ4n) is 3.39. The first kappa shape index (κ1) is 18.5. The van der Waals surface area contributed by atoms with Crippen LogP contribution in [0.25, 0.3) is 11.0 Å². The number of piperidine rings is 1. The molecule has 0 unspecified atom stereocenters. The van der Waals surface area contributed by atoms with E-state index in [0.717, 1.165) is 23.8 Å². The highest BCUT2D eigenvalue weighted by atomic mass is 16.3. The van der Waals surface area contributed by atoms with Crippen LogP contribution in [0.1, 0.15) is 50.6 Å². The highest BCUT2D eigenvalue weighted by Crippen LogP contribution is 2.23. The molecule has 1 aliphatic rings. The average Bonchev–Trinajstić information content (AvgIpc) is 3.02. The van der Waals surface area contributed by atoms with Crippen molar-refractivity contribution in [2.24, 2.45) is 11.3 Å². The van der Waals surface area contributed by atoms with Gasteiger partial charge in [0.05, 0.1) is 0 Å². The Balaban J connectivity index is 1.49. The summed E-state index contributed by atoms with van der Waals surface area (Å²) < 4.78 is 5.69. The Morgan fingerprint density at radius 1 is 1.19 bits per heavy atom. The monoisotopic (exact) mass is 356 g/mol. The standard InChI is InChI=1S/C21H28N2O3/c1-21(2,3)13-19(24)22-14-15-8-10-23(11-9-15)20(25)18-12-16-6-4-5-7-17(16)26-18/h4-7,12,15H,8-11,13-14H2,1-3H3,(H,22,24). The molecule has 140 valence electrons. The van der Waals surface area contributed by atoms with Crippen LogP contribution in [-0.4, -0.2) is 36.3 Å². The molecule has 2 aromatic rings. The molecule has 2 heterocycles. The number of nitrogens with zero attached hydrogens (tertiary/aromatic N) is 1. The Morgan fingerprint density at radius 3 is 2.54 bits per heavy atom. The lowest BCUT2D eigenvalue weighted by Crippen LogP contribution is -2.41. The van der Waals surface area contributed by atoms with Crippen molar-refractivity contribution in [3.63, 3.8) is 0 Å². The van der Waals surface area contributed by atoms with Gasteiger partial charge in [0.1, 0.15) is 5.58 Å². The Labute approximate surface area is 154 Å². The summed E-state index contributed by atoms with van der Waals surface area (Å²) in [5.41, 5.74) is 0.749. The van der Waals surface area contributed by atoms with Gasteiger partial charge in [0, 0.05) is 31.4 Å². The van der Waals surface area contributed by atoms with E-state index in [9.17, 15) is 9.59 Å². The Bertz CT molecular complexity index is 747. The number of hydrogen-bond acceptors (Lipinski definition) is 3. The maximum atomic E-state index is 12.7. The second kappa shape index (κ2) is 7.52. The van der Waals surface area contributed by atoms with Crippen LogP contribution in [0, 0.1) is 11.3 Å². The van der Waals surface area contributed by atoms with Crippen molar-refractivity contribution in [3.05, 3.63) is 36.1 Å². The molecule has 0 radical (unpaired) electrons. The van der Waals surface area contributed by atoms with Gasteiger partial charge < -0.3 is 14.6 Å². The smallest absolute Gasteiger partial charge is 0.289 e. The Hall–Kier alpha value is -2.30. The zero-order chi connectivity index (χ0) is 18.7. The lowest BCUT2D eigenvalue weighted by molar-refractivity contribution is -0.123. The van der Waals surface area contributed by atoms with Crippen molar-refractivity contribution in [1.29, 1.82) is 0 Å². The molecule has 26 heavy (non-hydrogen) atoms. The SMILES string of the molecule is CC(C)(C)CC(=O)NCC1CCN(C(=O)c2cc3ccccc3o2)CC1. The largest absolute Gasteiger partial charge is 0.451 e. The molecule has 3 rings (SSSR count). The van der Waals surface area contributed by atoms with Crippen LogP contribution in [0.5, 0.6) is 0 Å². The van der Waals surface area contributed by atoms with Crippen LogP contribution in [0.3, 0.4) is 0 Å². The lowest BCUT2D eigenvalue weighted by Gasteiger charge is -2.31. The number of fused-ring (bicyclic) bond motifs is 1. The minimum atomic E-state index is -0.0450. The molecule has 1 fully saturated rings. The van der Waals surface area contributed by atoms with Crippen molar-refractivity contribution in [2.45, 2.75) is 40.0 Å². The van der Waals surface area contributed by atoms with Crippen molar-refractivity contribution >= 4 is 22.8 Å². The predicted octanol–water partition coefficient (Wildman–Crippen LogP) is 3.84. The van der Waals surface area contributed by atoms with Crippen molar-refractivity contribution in [2.75, 3.05) is 19.6 Å².